The Morgan fingerprint density at radius 1 is 1.19 bits per heavy atom. The van der Waals surface area contributed by atoms with Gasteiger partial charge in [0.15, 0.2) is 12.4 Å². The third-order valence-electron chi connectivity index (χ3n) is 4.41. The summed E-state index contributed by atoms with van der Waals surface area (Å²) in [5, 5.41) is 17.9. The summed E-state index contributed by atoms with van der Waals surface area (Å²) in [5.74, 6) is -0.122. The molecule has 0 saturated heterocycles. The van der Waals surface area contributed by atoms with Crippen molar-refractivity contribution in [2.45, 2.75) is 26.2 Å². The van der Waals surface area contributed by atoms with E-state index in [1.54, 1.807) is 27.8 Å². The molecular formula is C17H18FN7O. The molecule has 0 unspecified atom stereocenters. The second-order valence-corrected chi connectivity index (χ2v) is 6.02. The van der Waals surface area contributed by atoms with Gasteiger partial charge in [0.25, 0.3) is 0 Å². The molecule has 0 aliphatic heterocycles. The number of imidazole rings is 2. The maximum atomic E-state index is 13.1. The van der Waals surface area contributed by atoms with E-state index in [2.05, 4.69) is 20.2 Å². The molecule has 0 aliphatic carbocycles. The number of halogens is 1. The van der Waals surface area contributed by atoms with Gasteiger partial charge in [-0.25, -0.2) is 18.9 Å². The summed E-state index contributed by atoms with van der Waals surface area (Å²) in [6, 6.07) is 3.76. The standard InChI is InChI=1S/C17H18FN7O/c1-12(15-7-19-11-23(15)10-18)16-8-20-17-3-2-14(22-25(16)17)13-6-21-24(9-13)4-5-26/h2-3,6-9,11-12,26H,4-5,10H2,1H3/t12-/m0/s1. The number of aliphatic hydroxyl groups excluding tert-OH is 1. The Hall–Kier alpha value is -3.07. The van der Waals surface area contributed by atoms with Crippen molar-refractivity contribution in [2.24, 2.45) is 0 Å². The van der Waals surface area contributed by atoms with E-state index < -0.39 is 6.80 Å². The molecule has 0 saturated carbocycles. The van der Waals surface area contributed by atoms with Crippen LogP contribution in [0.25, 0.3) is 16.9 Å². The fourth-order valence-electron chi connectivity index (χ4n) is 3.00. The van der Waals surface area contributed by atoms with Crippen molar-refractivity contribution in [3.05, 3.63) is 54.6 Å². The lowest BCUT2D eigenvalue weighted by atomic mass is 10.1. The lowest BCUT2D eigenvalue weighted by Crippen LogP contribution is -2.08. The average molecular weight is 355 g/mol. The first-order valence-corrected chi connectivity index (χ1v) is 8.25. The van der Waals surface area contributed by atoms with E-state index in [0.717, 1.165) is 22.6 Å². The normalized spacial score (nSPS) is 12.7. The topological polar surface area (TPSA) is 86.1 Å². The van der Waals surface area contributed by atoms with Crippen molar-refractivity contribution in [1.82, 2.24) is 33.9 Å². The Morgan fingerprint density at radius 2 is 2.08 bits per heavy atom. The highest BCUT2D eigenvalue weighted by atomic mass is 19.1. The van der Waals surface area contributed by atoms with Gasteiger partial charge in [0, 0.05) is 29.6 Å². The number of alkyl halides is 1. The summed E-state index contributed by atoms with van der Waals surface area (Å²) in [7, 11) is 0. The molecule has 0 bridgehead atoms. The number of nitrogens with zero attached hydrogens (tertiary/aromatic N) is 7. The van der Waals surface area contributed by atoms with Crippen molar-refractivity contribution < 1.29 is 9.50 Å². The van der Waals surface area contributed by atoms with Crippen LogP contribution in [0.15, 0.2) is 43.2 Å². The second-order valence-electron chi connectivity index (χ2n) is 6.02. The highest BCUT2D eigenvalue weighted by Gasteiger charge is 2.18. The van der Waals surface area contributed by atoms with Gasteiger partial charge in [-0.2, -0.15) is 10.2 Å². The fraction of sp³-hybridized carbons (Fsp3) is 0.294. The third-order valence-corrected chi connectivity index (χ3v) is 4.41. The number of aromatic nitrogens is 7. The molecule has 4 rings (SSSR count). The van der Waals surface area contributed by atoms with Crippen molar-refractivity contribution >= 4 is 5.65 Å². The first-order valence-electron chi connectivity index (χ1n) is 8.25. The number of hydrogen-bond donors (Lipinski definition) is 1. The van der Waals surface area contributed by atoms with Crippen LogP contribution in [0.5, 0.6) is 0 Å². The molecule has 4 heterocycles. The van der Waals surface area contributed by atoms with Crippen molar-refractivity contribution in [3.63, 3.8) is 0 Å². The number of hydrogen-bond acceptors (Lipinski definition) is 5. The molecular weight excluding hydrogens is 337 g/mol. The summed E-state index contributed by atoms with van der Waals surface area (Å²) < 4.78 is 18.0. The first-order chi connectivity index (χ1) is 12.7. The highest BCUT2D eigenvalue weighted by Crippen LogP contribution is 2.25. The van der Waals surface area contributed by atoms with E-state index >= 15 is 0 Å². The molecule has 8 nitrogen and oxygen atoms in total. The Bertz CT molecular complexity index is 1030. The molecule has 9 heteroatoms. The summed E-state index contributed by atoms with van der Waals surface area (Å²) in [5.41, 5.74) is 3.91. The van der Waals surface area contributed by atoms with E-state index in [-0.39, 0.29) is 12.5 Å². The summed E-state index contributed by atoms with van der Waals surface area (Å²) in [6.07, 6.45) is 8.43. The van der Waals surface area contributed by atoms with Crippen LogP contribution in [0.1, 0.15) is 24.2 Å². The Morgan fingerprint density at radius 3 is 2.88 bits per heavy atom. The Kier molecular flexibility index (Phi) is 4.21. The summed E-state index contributed by atoms with van der Waals surface area (Å²) in [6.45, 7) is 1.81. The molecule has 4 aromatic rings. The third kappa shape index (κ3) is 2.76. The van der Waals surface area contributed by atoms with E-state index in [1.807, 2.05) is 25.3 Å². The number of fused-ring (bicyclic) bond motifs is 1. The van der Waals surface area contributed by atoms with Gasteiger partial charge in [0.05, 0.1) is 43.3 Å². The molecule has 0 fully saturated rings. The van der Waals surface area contributed by atoms with Crippen molar-refractivity contribution in [2.75, 3.05) is 6.61 Å². The van der Waals surface area contributed by atoms with Gasteiger partial charge in [0.2, 0.25) is 0 Å². The van der Waals surface area contributed by atoms with Crippen LogP contribution in [-0.4, -0.2) is 45.6 Å². The van der Waals surface area contributed by atoms with E-state index in [1.165, 1.54) is 10.9 Å². The van der Waals surface area contributed by atoms with Gasteiger partial charge in [-0.3, -0.25) is 4.68 Å². The first kappa shape index (κ1) is 16.4. The SMILES string of the molecule is C[C@@H](c1cncn1CF)c1cnc2ccc(-c3cnn(CCO)c3)nn12. The molecule has 134 valence electrons. The Labute approximate surface area is 148 Å². The smallest absolute Gasteiger partial charge is 0.166 e. The fourth-order valence-corrected chi connectivity index (χ4v) is 3.00. The van der Waals surface area contributed by atoms with Crippen LogP contribution in [0.2, 0.25) is 0 Å². The summed E-state index contributed by atoms with van der Waals surface area (Å²) >= 11 is 0. The zero-order valence-electron chi connectivity index (χ0n) is 14.2. The number of rotatable bonds is 6. The largest absolute Gasteiger partial charge is 0.394 e. The average Bonchev–Trinajstić information content (AvgIpc) is 3.39. The van der Waals surface area contributed by atoms with E-state index in [9.17, 15) is 4.39 Å². The predicted octanol–water partition coefficient (Wildman–Crippen LogP) is 1.86. The molecule has 1 atom stereocenters. The molecule has 0 aromatic carbocycles. The minimum Gasteiger partial charge on any atom is -0.394 e. The second kappa shape index (κ2) is 6.68. The van der Waals surface area contributed by atoms with Crippen molar-refractivity contribution in [3.8, 4) is 11.3 Å². The zero-order chi connectivity index (χ0) is 18.1. The van der Waals surface area contributed by atoms with Crippen LogP contribution in [-0.2, 0) is 13.3 Å². The molecule has 26 heavy (non-hydrogen) atoms. The summed E-state index contributed by atoms with van der Waals surface area (Å²) in [4.78, 5) is 8.43. The lowest BCUT2D eigenvalue weighted by molar-refractivity contribution is 0.269. The van der Waals surface area contributed by atoms with Crippen LogP contribution >= 0.6 is 0 Å². The molecule has 0 radical (unpaired) electrons. The molecule has 0 aliphatic rings. The van der Waals surface area contributed by atoms with Gasteiger partial charge in [-0.1, -0.05) is 6.92 Å². The van der Waals surface area contributed by atoms with Gasteiger partial charge in [-0.05, 0) is 12.1 Å². The monoisotopic (exact) mass is 355 g/mol. The van der Waals surface area contributed by atoms with Crippen LogP contribution < -0.4 is 0 Å². The van der Waals surface area contributed by atoms with Crippen LogP contribution in [0.3, 0.4) is 0 Å². The van der Waals surface area contributed by atoms with Crippen molar-refractivity contribution in [1.29, 1.82) is 0 Å². The van der Waals surface area contributed by atoms with E-state index in [0.29, 0.717) is 12.2 Å². The molecule has 4 aromatic heterocycles. The van der Waals surface area contributed by atoms with Gasteiger partial charge in [-0.15, -0.1) is 0 Å². The minimum atomic E-state index is -0.626. The van der Waals surface area contributed by atoms with Crippen LogP contribution in [0, 0.1) is 0 Å². The van der Waals surface area contributed by atoms with Gasteiger partial charge >= 0.3 is 0 Å². The predicted molar refractivity (Wildman–Crippen MR) is 92.1 cm³/mol. The maximum absolute atomic E-state index is 13.1. The number of aliphatic hydroxyl groups is 1. The van der Waals surface area contributed by atoms with Crippen LogP contribution in [0.4, 0.5) is 4.39 Å². The van der Waals surface area contributed by atoms with Gasteiger partial charge < -0.3 is 9.67 Å². The molecule has 0 spiro atoms. The van der Waals surface area contributed by atoms with E-state index in [4.69, 9.17) is 5.11 Å². The van der Waals surface area contributed by atoms with Gasteiger partial charge in [0.1, 0.15) is 0 Å². The Balaban J connectivity index is 1.74. The zero-order valence-corrected chi connectivity index (χ0v) is 14.2. The minimum absolute atomic E-state index is 0.0268. The molecule has 0 amide bonds. The molecule has 1 N–H and O–H groups in total. The quantitative estimate of drug-likeness (QED) is 0.571. The highest BCUT2D eigenvalue weighted by molar-refractivity contribution is 5.58. The maximum Gasteiger partial charge on any atom is 0.166 e. The lowest BCUT2D eigenvalue weighted by Gasteiger charge is -2.12.